The van der Waals surface area contributed by atoms with Crippen molar-refractivity contribution in [3.63, 3.8) is 0 Å². The van der Waals surface area contributed by atoms with Crippen molar-refractivity contribution in [1.82, 2.24) is 9.97 Å². The first-order chi connectivity index (χ1) is 26.5. The molecule has 0 radical (unpaired) electrons. The van der Waals surface area contributed by atoms with E-state index in [9.17, 15) is 30.3 Å². The van der Waals surface area contributed by atoms with Crippen LogP contribution < -0.4 is 10.6 Å². The number of anilines is 2. The fourth-order valence-electron chi connectivity index (χ4n) is 7.33. The van der Waals surface area contributed by atoms with Crippen LogP contribution in [0.3, 0.4) is 0 Å². The van der Waals surface area contributed by atoms with Crippen LogP contribution in [0.2, 0.25) is 0 Å². The summed E-state index contributed by atoms with van der Waals surface area (Å²) in [5.74, 6) is -0.412. The third-order valence-electron chi connectivity index (χ3n) is 12.3. The van der Waals surface area contributed by atoms with Crippen LogP contribution >= 0.6 is 0 Å². The zero-order chi connectivity index (χ0) is 40.9. The highest BCUT2D eigenvalue weighted by atomic mass is 16.6. The number of hydrogen-bond donors (Lipinski definition) is 7. The Morgan fingerprint density at radius 3 is 2.11 bits per heavy atom. The molecule has 10 atom stereocenters. The number of amides is 1. The first kappa shape index (κ1) is 42.9. The van der Waals surface area contributed by atoms with Crippen molar-refractivity contribution in [1.29, 1.82) is 0 Å². The highest BCUT2D eigenvalue weighted by Crippen LogP contribution is 2.48. The number of aromatic nitrogens is 2. The highest BCUT2D eigenvalue weighted by Gasteiger charge is 2.67. The molecule has 3 heterocycles. The number of aliphatic hydroxyl groups excluding tert-OH is 3. The number of rotatable bonds is 16. The van der Waals surface area contributed by atoms with Crippen LogP contribution in [-0.2, 0) is 14.3 Å². The molecule has 1 aliphatic heterocycles. The lowest BCUT2D eigenvalue weighted by Gasteiger charge is -2.60. The third kappa shape index (κ3) is 8.24. The molecule has 1 amide bonds. The van der Waals surface area contributed by atoms with E-state index in [1.165, 1.54) is 20.8 Å². The van der Waals surface area contributed by atoms with Gasteiger partial charge in [-0.05, 0) is 88.9 Å². The summed E-state index contributed by atoms with van der Waals surface area (Å²) in [4.78, 5) is 23.7. The lowest BCUT2D eigenvalue weighted by atomic mass is 9.65. The van der Waals surface area contributed by atoms with Gasteiger partial charge in [-0.2, -0.15) is 0 Å². The summed E-state index contributed by atoms with van der Waals surface area (Å²) in [5.41, 5.74) is -5.57. The Morgan fingerprint density at radius 1 is 0.893 bits per heavy atom. The lowest BCUT2D eigenvalue weighted by molar-refractivity contribution is -0.368. The largest absolute Gasteiger partial charge is 0.393 e. The van der Waals surface area contributed by atoms with Gasteiger partial charge in [0.15, 0.2) is 0 Å². The molecular weight excluding hydrogens is 713 g/mol. The number of nitrogens with one attached hydrogen (secondary N) is 2. The van der Waals surface area contributed by atoms with Gasteiger partial charge in [-0.1, -0.05) is 74.5 Å². The average Bonchev–Trinajstić information content (AvgIpc) is 3.21. The fraction of sp³-hybridized carbons (Fsp3) is 0.477. The summed E-state index contributed by atoms with van der Waals surface area (Å²) in [6, 6.07) is 27.2. The van der Waals surface area contributed by atoms with E-state index in [0.29, 0.717) is 41.2 Å². The van der Waals surface area contributed by atoms with Crippen LogP contribution in [0.4, 0.5) is 11.5 Å². The third-order valence-corrected chi connectivity index (χ3v) is 12.3. The van der Waals surface area contributed by atoms with Crippen molar-refractivity contribution in [2.45, 2.75) is 114 Å². The molecule has 0 saturated carbocycles. The molecule has 0 spiro atoms. The van der Waals surface area contributed by atoms with Crippen LogP contribution in [0, 0.1) is 5.41 Å². The summed E-state index contributed by atoms with van der Waals surface area (Å²) < 4.78 is 12.8. The number of para-hydroxylation sites is 1. The maximum Gasteiger partial charge on any atom is 0.232 e. The molecule has 56 heavy (non-hydrogen) atoms. The van der Waals surface area contributed by atoms with Crippen LogP contribution in [0.15, 0.2) is 103 Å². The molecule has 1 saturated heterocycles. The average molecular weight is 771 g/mol. The topological polar surface area (TPSA) is 187 Å². The van der Waals surface area contributed by atoms with Crippen LogP contribution in [-0.4, -0.2) is 89.2 Å². The van der Waals surface area contributed by atoms with Gasteiger partial charge in [0, 0.05) is 23.8 Å². The van der Waals surface area contributed by atoms with E-state index >= 15 is 0 Å². The van der Waals surface area contributed by atoms with Crippen LogP contribution in [0.5, 0.6) is 0 Å². The minimum absolute atomic E-state index is 0.0955. The Bertz CT molecular complexity index is 1880. The minimum atomic E-state index is -2.08. The molecule has 1 aliphatic rings. The predicted octanol–water partition coefficient (Wildman–Crippen LogP) is 5.70. The van der Waals surface area contributed by atoms with Gasteiger partial charge in [-0.15, -0.1) is 0 Å². The Balaban J connectivity index is 1.49. The monoisotopic (exact) mass is 770 g/mol. The van der Waals surface area contributed by atoms with Crippen molar-refractivity contribution in [3.8, 4) is 0 Å². The molecule has 302 valence electrons. The van der Waals surface area contributed by atoms with Gasteiger partial charge in [0.2, 0.25) is 5.91 Å². The first-order valence-electron chi connectivity index (χ1n) is 19.3. The maximum atomic E-state index is 14.5. The predicted molar refractivity (Wildman–Crippen MR) is 215 cm³/mol. The molecule has 4 aromatic rings. The van der Waals surface area contributed by atoms with Gasteiger partial charge in [-0.3, -0.25) is 9.78 Å². The standard InChI is InChI=1S/C44H58N4O8/c1-8-40(3,28-55-41(4,9-2)38-37(51)43(6,53)44(7,54)42(5,27-49)56-38)39(52)47-31-22-14-13-21-30(31)35(48-33-24-16-18-26-46-33)34(32-23-15-17-25-45-32)36(50)29-19-11-10-12-20-29/h10-26,34-38,49-51,53-54H,8-9,27-28H2,1-7H3,(H,46,48)(H,47,52)/t34-,35+,36+,37?,38?,40?,41?,42?,43?,44?/m1/s1. The number of aliphatic hydroxyl groups is 5. The Kier molecular flexibility index (Phi) is 13.1. The summed E-state index contributed by atoms with van der Waals surface area (Å²) in [6.07, 6.45) is 0.255. The summed E-state index contributed by atoms with van der Waals surface area (Å²) >= 11 is 0. The van der Waals surface area contributed by atoms with Crippen molar-refractivity contribution in [2.75, 3.05) is 23.8 Å². The quantitative estimate of drug-likeness (QED) is 0.0741. The molecular formula is C44H58N4O8. The van der Waals surface area contributed by atoms with Crippen molar-refractivity contribution < 1.29 is 39.8 Å². The van der Waals surface area contributed by atoms with Gasteiger partial charge in [-0.25, -0.2) is 4.98 Å². The van der Waals surface area contributed by atoms with Gasteiger partial charge < -0.3 is 45.6 Å². The number of carbonyl (C=O) groups excluding carboxylic acids is 1. The molecule has 1 fully saturated rings. The molecule has 2 aromatic heterocycles. The minimum Gasteiger partial charge on any atom is -0.393 e. The number of nitrogens with zero attached hydrogens (tertiary/aromatic N) is 2. The summed E-state index contributed by atoms with van der Waals surface area (Å²) in [5, 5.41) is 63.3. The number of ether oxygens (including phenoxy) is 2. The molecule has 12 heteroatoms. The van der Waals surface area contributed by atoms with Crippen molar-refractivity contribution in [2.24, 2.45) is 5.41 Å². The van der Waals surface area contributed by atoms with Gasteiger partial charge in [0.1, 0.15) is 34.8 Å². The second-order valence-electron chi connectivity index (χ2n) is 16.0. The Hall–Kier alpha value is -4.27. The van der Waals surface area contributed by atoms with E-state index in [2.05, 4.69) is 15.6 Å². The van der Waals surface area contributed by atoms with E-state index < -0.39 is 64.7 Å². The molecule has 7 N–H and O–H groups in total. The maximum absolute atomic E-state index is 14.5. The van der Waals surface area contributed by atoms with E-state index in [-0.39, 0.29) is 12.5 Å². The van der Waals surface area contributed by atoms with Gasteiger partial charge >= 0.3 is 0 Å². The smallest absolute Gasteiger partial charge is 0.232 e. The summed E-state index contributed by atoms with van der Waals surface area (Å²) in [6.45, 7) is 10.6. The second-order valence-corrected chi connectivity index (χ2v) is 16.0. The molecule has 5 rings (SSSR count). The number of carbonyl (C=O) groups is 1. The lowest BCUT2D eigenvalue weighted by Crippen LogP contribution is -2.79. The molecule has 7 unspecified atom stereocenters. The molecule has 0 bridgehead atoms. The normalized spacial score (nSPS) is 27.6. The fourth-order valence-corrected chi connectivity index (χ4v) is 7.33. The number of benzene rings is 2. The zero-order valence-corrected chi connectivity index (χ0v) is 33.4. The van der Waals surface area contributed by atoms with Gasteiger partial charge in [0.05, 0.1) is 42.3 Å². The Labute approximate surface area is 330 Å². The van der Waals surface area contributed by atoms with Gasteiger partial charge in [0.25, 0.3) is 0 Å². The second kappa shape index (κ2) is 17.1. The first-order valence-corrected chi connectivity index (χ1v) is 19.3. The van der Waals surface area contributed by atoms with Crippen molar-refractivity contribution in [3.05, 3.63) is 120 Å². The number of hydrogen-bond acceptors (Lipinski definition) is 11. The van der Waals surface area contributed by atoms with Crippen LogP contribution in [0.25, 0.3) is 0 Å². The highest BCUT2D eigenvalue weighted by molar-refractivity contribution is 5.96. The van der Waals surface area contributed by atoms with E-state index in [4.69, 9.17) is 14.5 Å². The Morgan fingerprint density at radius 2 is 1.52 bits per heavy atom. The van der Waals surface area contributed by atoms with E-state index in [1.54, 1.807) is 26.2 Å². The van der Waals surface area contributed by atoms with Crippen molar-refractivity contribution >= 4 is 17.4 Å². The number of pyridine rings is 2. The molecule has 12 nitrogen and oxygen atoms in total. The molecule has 2 aromatic carbocycles. The summed E-state index contributed by atoms with van der Waals surface area (Å²) in [7, 11) is 0. The van der Waals surface area contributed by atoms with E-state index in [1.807, 2.05) is 105 Å². The van der Waals surface area contributed by atoms with E-state index in [0.717, 1.165) is 0 Å². The zero-order valence-electron chi connectivity index (χ0n) is 33.4. The van der Waals surface area contributed by atoms with Crippen LogP contribution in [0.1, 0.15) is 96.2 Å². The molecule has 0 aliphatic carbocycles. The SMILES string of the molecule is CCC(C)(COC(C)(CC)C1OC(C)(CO)C(C)(O)C(C)(O)C1O)C(=O)Nc1ccccc1[C@H](Nc1ccccn1)[C@@H](c1ccccn1)[C@@H](O)c1ccccc1.